The smallest absolute Gasteiger partial charge is 0.285 e. The van der Waals surface area contributed by atoms with E-state index in [9.17, 15) is 4.79 Å². The van der Waals surface area contributed by atoms with Gasteiger partial charge >= 0.3 is 0 Å². The van der Waals surface area contributed by atoms with Crippen molar-refractivity contribution in [3.05, 3.63) is 54.0 Å². The molecule has 1 aromatic heterocycles. The molecule has 2 atom stereocenters. The van der Waals surface area contributed by atoms with E-state index in [2.05, 4.69) is 13.0 Å². The van der Waals surface area contributed by atoms with Gasteiger partial charge in [0.25, 0.3) is 5.91 Å². The highest BCUT2D eigenvalue weighted by Gasteiger charge is 2.34. The SMILES string of the molecule is C[C@H]([NH2+]Cc1ccco1)C(=O)N1c2ccccc2C[C@@H]1C. The molecule has 3 rings (SSSR count). The van der Waals surface area contributed by atoms with E-state index in [4.69, 9.17) is 4.42 Å². The number of nitrogens with two attached hydrogens (primary N) is 1. The van der Waals surface area contributed by atoms with Gasteiger partial charge in [0.15, 0.2) is 11.8 Å². The zero-order valence-electron chi connectivity index (χ0n) is 12.5. The van der Waals surface area contributed by atoms with E-state index in [0.717, 1.165) is 17.9 Å². The number of furan rings is 1. The number of amides is 1. The number of fused-ring (bicyclic) bond motifs is 1. The average molecular weight is 285 g/mol. The topological polar surface area (TPSA) is 50.1 Å². The number of benzene rings is 1. The lowest BCUT2D eigenvalue weighted by atomic mass is 10.1. The number of hydrogen-bond donors (Lipinski definition) is 1. The van der Waals surface area contributed by atoms with E-state index in [-0.39, 0.29) is 18.0 Å². The summed E-state index contributed by atoms with van der Waals surface area (Å²) in [5, 5.41) is 2.02. The lowest BCUT2D eigenvalue weighted by Gasteiger charge is -2.24. The first-order valence-electron chi connectivity index (χ1n) is 7.43. The molecule has 0 saturated carbocycles. The number of nitrogens with zero attached hydrogens (tertiary/aromatic N) is 1. The summed E-state index contributed by atoms with van der Waals surface area (Å²) in [5.41, 5.74) is 2.32. The van der Waals surface area contributed by atoms with Gasteiger partial charge < -0.3 is 14.6 Å². The van der Waals surface area contributed by atoms with Crippen molar-refractivity contribution in [2.45, 2.75) is 38.9 Å². The first-order chi connectivity index (χ1) is 10.2. The number of carbonyl (C=O) groups is 1. The second-order valence-corrected chi connectivity index (χ2v) is 5.70. The third-order valence-corrected chi connectivity index (χ3v) is 4.09. The molecule has 2 heterocycles. The van der Waals surface area contributed by atoms with E-state index < -0.39 is 0 Å². The van der Waals surface area contributed by atoms with E-state index in [0.29, 0.717) is 6.54 Å². The van der Waals surface area contributed by atoms with Crippen molar-refractivity contribution >= 4 is 11.6 Å². The van der Waals surface area contributed by atoms with Crippen LogP contribution in [0.1, 0.15) is 25.2 Å². The number of para-hydroxylation sites is 1. The number of anilines is 1. The van der Waals surface area contributed by atoms with E-state index in [1.807, 2.05) is 47.5 Å². The molecule has 2 N–H and O–H groups in total. The quantitative estimate of drug-likeness (QED) is 0.929. The van der Waals surface area contributed by atoms with Gasteiger partial charge in [0.2, 0.25) is 0 Å². The van der Waals surface area contributed by atoms with Gasteiger partial charge in [-0.15, -0.1) is 0 Å². The van der Waals surface area contributed by atoms with Crippen molar-refractivity contribution in [3.8, 4) is 0 Å². The predicted molar refractivity (Wildman–Crippen MR) is 80.9 cm³/mol. The Morgan fingerprint density at radius 2 is 2.19 bits per heavy atom. The molecular formula is C17H21N2O2+. The van der Waals surface area contributed by atoms with Crippen molar-refractivity contribution in [2.75, 3.05) is 4.90 Å². The van der Waals surface area contributed by atoms with Gasteiger partial charge in [-0.25, -0.2) is 0 Å². The Kier molecular flexibility index (Phi) is 3.80. The second kappa shape index (κ2) is 5.74. The van der Waals surface area contributed by atoms with Gasteiger partial charge in [-0.05, 0) is 44.0 Å². The lowest BCUT2D eigenvalue weighted by Crippen LogP contribution is -2.90. The van der Waals surface area contributed by atoms with Crippen molar-refractivity contribution in [1.82, 2.24) is 0 Å². The fourth-order valence-electron chi connectivity index (χ4n) is 2.94. The summed E-state index contributed by atoms with van der Waals surface area (Å²) in [6.07, 6.45) is 2.60. The molecule has 0 radical (unpaired) electrons. The summed E-state index contributed by atoms with van der Waals surface area (Å²) >= 11 is 0. The van der Waals surface area contributed by atoms with Crippen LogP contribution in [0.25, 0.3) is 0 Å². The predicted octanol–water partition coefficient (Wildman–Crippen LogP) is 1.71. The Morgan fingerprint density at radius 3 is 2.95 bits per heavy atom. The largest absolute Gasteiger partial charge is 0.463 e. The molecule has 1 amide bonds. The van der Waals surface area contributed by atoms with Crippen molar-refractivity contribution in [2.24, 2.45) is 0 Å². The maximum absolute atomic E-state index is 12.7. The summed E-state index contributed by atoms with van der Waals surface area (Å²) in [5.74, 6) is 1.06. The summed E-state index contributed by atoms with van der Waals surface area (Å²) in [4.78, 5) is 14.7. The van der Waals surface area contributed by atoms with Gasteiger partial charge in [-0.2, -0.15) is 0 Å². The van der Waals surface area contributed by atoms with Crippen LogP contribution in [0, 0.1) is 0 Å². The molecule has 0 fully saturated rings. The number of rotatable bonds is 4. The normalized spacial score (nSPS) is 18.6. The summed E-state index contributed by atoms with van der Waals surface area (Å²) in [6.45, 7) is 4.75. The van der Waals surface area contributed by atoms with Crippen LogP contribution in [-0.4, -0.2) is 18.0 Å². The van der Waals surface area contributed by atoms with Crippen molar-refractivity contribution in [1.29, 1.82) is 0 Å². The zero-order valence-corrected chi connectivity index (χ0v) is 12.5. The summed E-state index contributed by atoms with van der Waals surface area (Å²) in [7, 11) is 0. The summed E-state index contributed by atoms with van der Waals surface area (Å²) < 4.78 is 5.31. The van der Waals surface area contributed by atoms with E-state index >= 15 is 0 Å². The van der Waals surface area contributed by atoms with Crippen LogP contribution in [0.4, 0.5) is 5.69 Å². The minimum atomic E-state index is -0.122. The lowest BCUT2D eigenvalue weighted by molar-refractivity contribution is -0.690. The van der Waals surface area contributed by atoms with Crippen LogP contribution >= 0.6 is 0 Å². The third kappa shape index (κ3) is 2.72. The maximum Gasteiger partial charge on any atom is 0.285 e. The Morgan fingerprint density at radius 1 is 1.38 bits per heavy atom. The van der Waals surface area contributed by atoms with Crippen LogP contribution in [-0.2, 0) is 17.8 Å². The first kappa shape index (κ1) is 13.9. The fourth-order valence-corrected chi connectivity index (χ4v) is 2.94. The molecule has 0 bridgehead atoms. The maximum atomic E-state index is 12.7. The number of hydrogen-bond acceptors (Lipinski definition) is 2. The van der Waals surface area contributed by atoms with Crippen LogP contribution < -0.4 is 10.2 Å². The molecule has 2 aromatic rings. The van der Waals surface area contributed by atoms with Crippen LogP contribution in [0.15, 0.2) is 47.1 Å². The molecule has 1 aliphatic heterocycles. The second-order valence-electron chi connectivity index (χ2n) is 5.70. The van der Waals surface area contributed by atoms with Crippen molar-refractivity contribution in [3.63, 3.8) is 0 Å². The standard InChI is InChI=1S/C17H20N2O2/c1-12-10-14-6-3-4-8-16(14)19(12)17(20)13(2)18-11-15-7-5-9-21-15/h3-9,12-13,18H,10-11H2,1-2H3/p+1/t12-,13-/m0/s1. The Bertz CT molecular complexity index is 621. The van der Waals surface area contributed by atoms with E-state index in [1.165, 1.54) is 5.56 Å². The van der Waals surface area contributed by atoms with Gasteiger partial charge in [0.1, 0.15) is 6.54 Å². The Labute approximate surface area is 124 Å². The van der Waals surface area contributed by atoms with Gasteiger partial charge in [-0.1, -0.05) is 18.2 Å². The highest BCUT2D eigenvalue weighted by Crippen LogP contribution is 2.31. The summed E-state index contributed by atoms with van der Waals surface area (Å²) in [6, 6.07) is 12.1. The van der Waals surface area contributed by atoms with Gasteiger partial charge in [0, 0.05) is 11.7 Å². The minimum absolute atomic E-state index is 0.122. The third-order valence-electron chi connectivity index (χ3n) is 4.09. The molecule has 21 heavy (non-hydrogen) atoms. The molecule has 4 heteroatoms. The molecule has 0 aliphatic carbocycles. The molecule has 1 aromatic carbocycles. The molecule has 110 valence electrons. The zero-order chi connectivity index (χ0) is 14.8. The molecule has 0 spiro atoms. The average Bonchev–Trinajstić information content (AvgIpc) is 3.10. The molecule has 1 aliphatic rings. The monoisotopic (exact) mass is 285 g/mol. The van der Waals surface area contributed by atoms with E-state index in [1.54, 1.807) is 6.26 Å². The first-order valence-corrected chi connectivity index (χ1v) is 7.43. The molecule has 0 saturated heterocycles. The van der Waals surface area contributed by atoms with Crippen LogP contribution in [0.3, 0.4) is 0 Å². The van der Waals surface area contributed by atoms with Crippen LogP contribution in [0.5, 0.6) is 0 Å². The Hall–Kier alpha value is -2.07. The molecule has 0 unspecified atom stereocenters. The molecular weight excluding hydrogens is 264 g/mol. The highest BCUT2D eigenvalue weighted by molar-refractivity contribution is 5.98. The van der Waals surface area contributed by atoms with Gasteiger partial charge in [-0.3, -0.25) is 4.79 Å². The fraction of sp³-hybridized carbons (Fsp3) is 0.353. The van der Waals surface area contributed by atoms with Crippen LogP contribution in [0.2, 0.25) is 0 Å². The van der Waals surface area contributed by atoms with Gasteiger partial charge in [0.05, 0.1) is 6.26 Å². The van der Waals surface area contributed by atoms with Crippen molar-refractivity contribution < 1.29 is 14.5 Å². The number of quaternary nitrogens is 1. The number of carbonyl (C=O) groups excluding carboxylic acids is 1. The highest BCUT2D eigenvalue weighted by atomic mass is 16.3. The molecule has 4 nitrogen and oxygen atoms in total. The minimum Gasteiger partial charge on any atom is -0.463 e. The Balaban J connectivity index is 1.69.